The van der Waals surface area contributed by atoms with E-state index in [1.54, 1.807) is 24.5 Å². The van der Waals surface area contributed by atoms with Gasteiger partial charge in [0.15, 0.2) is 0 Å². The molecule has 0 spiro atoms. The highest BCUT2D eigenvalue weighted by Crippen LogP contribution is 2.28. The highest BCUT2D eigenvalue weighted by molar-refractivity contribution is 7.12. The number of nitrogens with one attached hydrogen (secondary N) is 1. The standard InChI is InChI=1S/C15H16N2O3S/c1-15(10-12(17-20-15)13-5-3-9-21-13)14(18)16-7-6-11-4-2-8-19-11/h2-5,8-9H,6-7,10H2,1H3,(H,16,18). The summed E-state index contributed by atoms with van der Waals surface area (Å²) in [5, 5.41) is 8.92. The van der Waals surface area contributed by atoms with E-state index in [9.17, 15) is 4.79 Å². The van der Waals surface area contributed by atoms with Crippen LogP contribution in [0, 0.1) is 0 Å². The van der Waals surface area contributed by atoms with E-state index in [-0.39, 0.29) is 5.91 Å². The Kier molecular flexibility index (Phi) is 3.79. The molecule has 0 saturated heterocycles. The van der Waals surface area contributed by atoms with Gasteiger partial charge < -0.3 is 14.6 Å². The highest BCUT2D eigenvalue weighted by Gasteiger charge is 2.42. The van der Waals surface area contributed by atoms with Gasteiger partial charge in [0.25, 0.3) is 5.91 Å². The summed E-state index contributed by atoms with van der Waals surface area (Å²) in [6, 6.07) is 7.66. The number of thiophene rings is 1. The van der Waals surface area contributed by atoms with E-state index in [0.29, 0.717) is 19.4 Å². The molecule has 0 saturated carbocycles. The van der Waals surface area contributed by atoms with Crippen LogP contribution in [0.1, 0.15) is 24.0 Å². The van der Waals surface area contributed by atoms with Gasteiger partial charge in [-0.1, -0.05) is 11.2 Å². The molecule has 3 rings (SSSR count). The van der Waals surface area contributed by atoms with Crippen LogP contribution < -0.4 is 5.32 Å². The number of rotatable bonds is 5. The maximum absolute atomic E-state index is 12.3. The van der Waals surface area contributed by atoms with Crippen molar-refractivity contribution >= 4 is 23.0 Å². The molecule has 6 heteroatoms. The van der Waals surface area contributed by atoms with Gasteiger partial charge >= 0.3 is 0 Å². The maximum Gasteiger partial charge on any atom is 0.267 e. The predicted molar refractivity (Wildman–Crippen MR) is 80.4 cm³/mol. The van der Waals surface area contributed by atoms with Crippen molar-refractivity contribution < 1.29 is 14.0 Å². The molecule has 0 fully saturated rings. The number of oxime groups is 1. The van der Waals surface area contributed by atoms with Crippen molar-refractivity contribution in [3.05, 3.63) is 46.5 Å². The number of carbonyl (C=O) groups is 1. The fraction of sp³-hybridized carbons (Fsp3) is 0.333. The van der Waals surface area contributed by atoms with Gasteiger partial charge in [-0.25, -0.2) is 0 Å². The Morgan fingerprint density at radius 1 is 1.48 bits per heavy atom. The molecule has 5 nitrogen and oxygen atoms in total. The number of nitrogens with zero attached hydrogens (tertiary/aromatic N) is 1. The first kappa shape index (κ1) is 13.9. The largest absolute Gasteiger partial charge is 0.469 e. The van der Waals surface area contributed by atoms with Gasteiger partial charge in [-0.05, 0) is 30.5 Å². The lowest BCUT2D eigenvalue weighted by molar-refractivity contribution is -0.141. The van der Waals surface area contributed by atoms with Crippen molar-refractivity contribution in [2.75, 3.05) is 6.54 Å². The fourth-order valence-electron chi connectivity index (χ4n) is 2.18. The first-order valence-electron chi connectivity index (χ1n) is 6.77. The van der Waals surface area contributed by atoms with E-state index in [1.807, 2.05) is 29.6 Å². The zero-order valence-corrected chi connectivity index (χ0v) is 12.5. The average molecular weight is 304 g/mol. The molecule has 1 aliphatic heterocycles. The predicted octanol–water partition coefficient (Wildman–Crippen LogP) is 2.58. The van der Waals surface area contributed by atoms with Crippen LogP contribution in [-0.2, 0) is 16.1 Å². The molecule has 110 valence electrons. The van der Waals surface area contributed by atoms with Gasteiger partial charge in [0.2, 0.25) is 5.60 Å². The van der Waals surface area contributed by atoms with Gasteiger partial charge in [0, 0.05) is 19.4 Å². The second-order valence-corrected chi connectivity index (χ2v) is 6.05. The Hall–Kier alpha value is -2.08. The molecule has 1 atom stereocenters. The number of amides is 1. The summed E-state index contributed by atoms with van der Waals surface area (Å²) in [5.41, 5.74) is -0.101. The Balaban J connectivity index is 1.53. The highest BCUT2D eigenvalue weighted by atomic mass is 32.1. The Labute approximate surface area is 126 Å². The van der Waals surface area contributed by atoms with E-state index >= 15 is 0 Å². The molecule has 1 aliphatic rings. The molecular weight excluding hydrogens is 288 g/mol. The van der Waals surface area contributed by atoms with Crippen LogP contribution in [0.4, 0.5) is 0 Å². The van der Waals surface area contributed by atoms with Gasteiger partial charge in [0.05, 0.1) is 11.1 Å². The van der Waals surface area contributed by atoms with Crippen molar-refractivity contribution in [3.63, 3.8) is 0 Å². The second-order valence-electron chi connectivity index (χ2n) is 5.10. The van der Waals surface area contributed by atoms with Crippen molar-refractivity contribution in [2.45, 2.75) is 25.4 Å². The molecule has 1 amide bonds. The molecule has 0 aliphatic carbocycles. The van der Waals surface area contributed by atoms with Gasteiger partial charge in [-0.15, -0.1) is 11.3 Å². The summed E-state index contributed by atoms with van der Waals surface area (Å²) in [7, 11) is 0. The summed E-state index contributed by atoms with van der Waals surface area (Å²) in [5.74, 6) is 0.702. The minimum absolute atomic E-state index is 0.149. The van der Waals surface area contributed by atoms with Crippen LogP contribution in [-0.4, -0.2) is 23.8 Å². The molecule has 0 bridgehead atoms. The third-order valence-corrected chi connectivity index (χ3v) is 4.30. The van der Waals surface area contributed by atoms with E-state index in [2.05, 4.69) is 10.5 Å². The lowest BCUT2D eigenvalue weighted by Crippen LogP contribution is -2.45. The van der Waals surface area contributed by atoms with Crippen molar-refractivity contribution in [1.82, 2.24) is 5.32 Å². The number of furan rings is 1. The fourth-order valence-corrected chi connectivity index (χ4v) is 2.88. The van der Waals surface area contributed by atoms with Crippen molar-refractivity contribution in [3.8, 4) is 0 Å². The minimum Gasteiger partial charge on any atom is -0.469 e. The third kappa shape index (κ3) is 3.00. The molecular formula is C15H16N2O3S. The first-order valence-corrected chi connectivity index (χ1v) is 7.65. The van der Waals surface area contributed by atoms with Crippen LogP contribution >= 0.6 is 11.3 Å². The van der Waals surface area contributed by atoms with Crippen LogP contribution in [0.15, 0.2) is 45.5 Å². The van der Waals surface area contributed by atoms with E-state index in [4.69, 9.17) is 9.25 Å². The van der Waals surface area contributed by atoms with Crippen LogP contribution in [0.5, 0.6) is 0 Å². The lowest BCUT2D eigenvalue weighted by Gasteiger charge is -2.20. The number of hydrogen-bond donors (Lipinski definition) is 1. The summed E-state index contributed by atoms with van der Waals surface area (Å²) in [6.07, 6.45) is 2.77. The second kappa shape index (κ2) is 5.73. The Morgan fingerprint density at radius 2 is 2.38 bits per heavy atom. The molecule has 1 N–H and O–H groups in total. The number of hydrogen-bond acceptors (Lipinski definition) is 5. The molecule has 2 aromatic rings. The van der Waals surface area contributed by atoms with E-state index in [0.717, 1.165) is 16.3 Å². The van der Waals surface area contributed by atoms with E-state index < -0.39 is 5.60 Å². The van der Waals surface area contributed by atoms with Gasteiger partial charge in [-0.3, -0.25) is 4.79 Å². The molecule has 0 radical (unpaired) electrons. The Morgan fingerprint density at radius 3 is 3.10 bits per heavy atom. The topological polar surface area (TPSA) is 63.8 Å². The molecule has 1 unspecified atom stereocenters. The quantitative estimate of drug-likeness (QED) is 0.923. The van der Waals surface area contributed by atoms with Gasteiger partial charge in [0.1, 0.15) is 11.5 Å². The van der Waals surface area contributed by atoms with Crippen LogP contribution in [0.2, 0.25) is 0 Å². The maximum atomic E-state index is 12.3. The third-order valence-electron chi connectivity index (χ3n) is 3.39. The normalized spacial score (nSPS) is 20.9. The Bertz CT molecular complexity index is 634. The lowest BCUT2D eigenvalue weighted by atomic mass is 9.98. The first-order chi connectivity index (χ1) is 10.2. The zero-order chi connectivity index (χ0) is 14.7. The van der Waals surface area contributed by atoms with Crippen LogP contribution in [0.3, 0.4) is 0 Å². The van der Waals surface area contributed by atoms with Crippen molar-refractivity contribution in [1.29, 1.82) is 0 Å². The van der Waals surface area contributed by atoms with Crippen molar-refractivity contribution in [2.24, 2.45) is 5.16 Å². The summed E-state index contributed by atoms with van der Waals surface area (Å²) in [4.78, 5) is 18.7. The zero-order valence-electron chi connectivity index (χ0n) is 11.7. The smallest absolute Gasteiger partial charge is 0.267 e. The minimum atomic E-state index is -0.928. The summed E-state index contributed by atoms with van der Waals surface area (Å²) < 4.78 is 5.23. The summed E-state index contributed by atoms with van der Waals surface area (Å²) in [6.45, 7) is 2.28. The monoisotopic (exact) mass is 304 g/mol. The summed E-state index contributed by atoms with van der Waals surface area (Å²) >= 11 is 1.59. The number of carbonyl (C=O) groups excluding carboxylic acids is 1. The van der Waals surface area contributed by atoms with Crippen LogP contribution in [0.25, 0.3) is 0 Å². The molecule has 0 aromatic carbocycles. The molecule has 2 aromatic heterocycles. The van der Waals surface area contributed by atoms with Gasteiger partial charge in [-0.2, -0.15) is 0 Å². The van der Waals surface area contributed by atoms with E-state index in [1.165, 1.54) is 0 Å². The molecule has 21 heavy (non-hydrogen) atoms. The SMILES string of the molecule is CC1(C(=O)NCCc2ccco2)CC(c2cccs2)=NO1. The molecule has 3 heterocycles. The average Bonchev–Trinajstić information content (AvgIpc) is 3.20.